The lowest BCUT2D eigenvalue weighted by molar-refractivity contribution is 0.0957. The molecule has 24 heavy (non-hydrogen) atoms. The number of thiophene rings is 1. The number of nitrogens with zero attached hydrogens (tertiary/aromatic N) is 2. The van der Waals surface area contributed by atoms with Gasteiger partial charge in [0.05, 0.1) is 4.88 Å². The fourth-order valence-corrected chi connectivity index (χ4v) is 3.61. The maximum absolute atomic E-state index is 11.8. The quantitative estimate of drug-likeness (QED) is 0.377. The standard InChI is InChI=1S/C17H29N5OS/c1-3-22-11-4-7-14(22)13-21-17(18-2)20-10-6-9-19-16(23)15-8-5-12-24-15/h5,8,12,14H,3-4,6-7,9-11,13H2,1-2H3,(H,19,23)(H2,18,20,21). The van der Waals surface area contributed by atoms with Crippen LogP contribution in [-0.2, 0) is 0 Å². The normalized spacial score (nSPS) is 18.6. The van der Waals surface area contributed by atoms with Crippen LogP contribution < -0.4 is 16.0 Å². The minimum atomic E-state index is 0.00778. The van der Waals surface area contributed by atoms with E-state index < -0.39 is 0 Å². The van der Waals surface area contributed by atoms with Crippen molar-refractivity contribution in [3.63, 3.8) is 0 Å². The van der Waals surface area contributed by atoms with Gasteiger partial charge in [-0.15, -0.1) is 11.3 Å². The molecule has 0 saturated carbocycles. The van der Waals surface area contributed by atoms with Crippen molar-refractivity contribution in [2.45, 2.75) is 32.2 Å². The first-order valence-electron chi connectivity index (χ1n) is 8.75. The van der Waals surface area contributed by atoms with Gasteiger partial charge in [-0.2, -0.15) is 0 Å². The van der Waals surface area contributed by atoms with Gasteiger partial charge in [0, 0.05) is 32.7 Å². The molecule has 2 rings (SSSR count). The van der Waals surface area contributed by atoms with Gasteiger partial charge in [0.2, 0.25) is 0 Å². The summed E-state index contributed by atoms with van der Waals surface area (Å²) in [6.07, 6.45) is 3.41. The summed E-state index contributed by atoms with van der Waals surface area (Å²) < 4.78 is 0. The first-order valence-corrected chi connectivity index (χ1v) is 9.62. The Morgan fingerprint density at radius 1 is 1.38 bits per heavy atom. The van der Waals surface area contributed by atoms with Crippen molar-refractivity contribution < 1.29 is 4.79 Å². The highest BCUT2D eigenvalue weighted by molar-refractivity contribution is 7.12. The van der Waals surface area contributed by atoms with E-state index in [1.807, 2.05) is 17.5 Å². The lowest BCUT2D eigenvalue weighted by Crippen LogP contribution is -2.45. The van der Waals surface area contributed by atoms with Crippen molar-refractivity contribution in [3.05, 3.63) is 22.4 Å². The van der Waals surface area contributed by atoms with Crippen LogP contribution >= 0.6 is 11.3 Å². The van der Waals surface area contributed by atoms with Crippen molar-refractivity contribution in [2.75, 3.05) is 39.8 Å². The maximum atomic E-state index is 11.8. The third-order valence-corrected chi connectivity index (χ3v) is 5.18. The fraction of sp³-hybridized carbons (Fsp3) is 0.647. The van der Waals surface area contributed by atoms with E-state index in [1.165, 1.54) is 30.7 Å². The molecule has 6 nitrogen and oxygen atoms in total. The molecule has 7 heteroatoms. The summed E-state index contributed by atoms with van der Waals surface area (Å²) in [5.41, 5.74) is 0. The van der Waals surface area contributed by atoms with E-state index in [4.69, 9.17) is 0 Å². The van der Waals surface area contributed by atoms with Gasteiger partial charge < -0.3 is 16.0 Å². The number of hydrogen-bond donors (Lipinski definition) is 3. The molecular formula is C17H29N5OS. The molecule has 1 atom stereocenters. The topological polar surface area (TPSA) is 68.8 Å². The van der Waals surface area contributed by atoms with E-state index in [0.717, 1.165) is 36.9 Å². The minimum Gasteiger partial charge on any atom is -0.356 e. The van der Waals surface area contributed by atoms with E-state index in [-0.39, 0.29) is 5.91 Å². The van der Waals surface area contributed by atoms with E-state index in [1.54, 1.807) is 7.05 Å². The Morgan fingerprint density at radius 2 is 2.21 bits per heavy atom. The summed E-state index contributed by atoms with van der Waals surface area (Å²) in [6, 6.07) is 4.34. The Labute approximate surface area is 148 Å². The second-order valence-electron chi connectivity index (χ2n) is 5.89. The second-order valence-corrected chi connectivity index (χ2v) is 6.84. The number of guanidine groups is 1. The Morgan fingerprint density at radius 3 is 2.92 bits per heavy atom. The molecule has 1 aromatic heterocycles. The van der Waals surface area contributed by atoms with Crippen LogP contribution in [0.3, 0.4) is 0 Å². The zero-order valence-electron chi connectivity index (χ0n) is 14.7. The van der Waals surface area contributed by atoms with Gasteiger partial charge in [-0.3, -0.25) is 14.7 Å². The summed E-state index contributed by atoms with van der Waals surface area (Å²) in [5, 5.41) is 11.6. The number of aliphatic imine (C=N–C) groups is 1. The first-order chi connectivity index (χ1) is 11.7. The molecule has 1 saturated heterocycles. The van der Waals surface area contributed by atoms with Crippen LogP contribution in [0.1, 0.15) is 35.9 Å². The van der Waals surface area contributed by atoms with E-state index in [2.05, 4.69) is 32.8 Å². The molecule has 2 heterocycles. The highest BCUT2D eigenvalue weighted by Crippen LogP contribution is 2.15. The van der Waals surface area contributed by atoms with Crippen molar-refractivity contribution >= 4 is 23.2 Å². The third kappa shape index (κ3) is 5.79. The Hall–Kier alpha value is -1.60. The summed E-state index contributed by atoms with van der Waals surface area (Å²) in [5.74, 6) is 0.843. The monoisotopic (exact) mass is 351 g/mol. The second kappa shape index (κ2) is 10.3. The molecule has 1 aliphatic heterocycles. The van der Waals surface area contributed by atoms with Crippen LogP contribution in [0.25, 0.3) is 0 Å². The van der Waals surface area contributed by atoms with Crippen LogP contribution in [0.15, 0.2) is 22.5 Å². The van der Waals surface area contributed by atoms with E-state index in [0.29, 0.717) is 12.6 Å². The van der Waals surface area contributed by atoms with E-state index in [9.17, 15) is 4.79 Å². The lowest BCUT2D eigenvalue weighted by Gasteiger charge is -2.24. The van der Waals surface area contributed by atoms with Crippen LogP contribution in [0.5, 0.6) is 0 Å². The first kappa shape index (κ1) is 18.7. The highest BCUT2D eigenvalue weighted by Gasteiger charge is 2.22. The molecule has 1 aromatic rings. The zero-order chi connectivity index (χ0) is 17.2. The average Bonchev–Trinajstić information content (AvgIpc) is 3.28. The minimum absolute atomic E-state index is 0.00778. The van der Waals surface area contributed by atoms with Gasteiger partial charge in [0.25, 0.3) is 5.91 Å². The largest absolute Gasteiger partial charge is 0.356 e. The number of nitrogens with one attached hydrogen (secondary N) is 3. The lowest BCUT2D eigenvalue weighted by atomic mass is 10.2. The number of hydrogen-bond acceptors (Lipinski definition) is 4. The van der Waals surface area contributed by atoms with Crippen LogP contribution in [0, 0.1) is 0 Å². The van der Waals surface area contributed by atoms with Gasteiger partial charge in [0.15, 0.2) is 5.96 Å². The number of carbonyl (C=O) groups excluding carboxylic acids is 1. The molecule has 0 spiro atoms. The van der Waals surface area contributed by atoms with Crippen molar-refractivity contribution in [1.82, 2.24) is 20.9 Å². The molecule has 3 N–H and O–H groups in total. The summed E-state index contributed by atoms with van der Waals surface area (Å²) in [7, 11) is 1.79. The molecular weight excluding hydrogens is 322 g/mol. The maximum Gasteiger partial charge on any atom is 0.261 e. The summed E-state index contributed by atoms with van der Waals surface area (Å²) >= 11 is 1.46. The smallest absolute Gasteiger partial charge is 0.261 e. The predicted molar refractivity (Wildman–Crippen MR) is 101 cm³/mol. The molecule has 1 fully saturated rings. The van der Waals surface area contributed by atoms with Crippen LogP contribution in [0.2, 0.25) is 0 Å². The molecule has 0 radical (unpaired) electrons. The number of carbonyl (C=O) groups is 1. The SMILES string of the molecule is CCN1CCCC1CNC(=NC)NCCCNC(=O)c1cccs1. The van der Waals surface area contributed by atoms with Gasteiger partial charge in [0.1, 0.15) is 0 Å². The molecule has 0 bridgehead atoms. The van der Waals surface area contributed by atoms with Crippen LogP contribution in [0.4, 0.5) is 0 Å². The van der Waals surface area contributed by atoms with E-state index >= 15 is 0 Å². The van der Waals surface area contributed by atoms with Crippen molar-refractivity contribution in [2.24, 2.45) is 4.99 Å². The Balaban J connectivity index is 1.57. The molecule has 1 amide bonds. The van der Waals surface area contributed by atoms with Gasteiger partial charge >= 0.3 is 0 Å². The van der Waals surface area contributed by atoms with Crippen LogP contribution in [-0.4, -0.2) is 62.6 Å². The molecule has 0 aliphatic carbocycles. The predicted octanol–water partition coefficient (Wildman–Crippen LogP) is 1.52. The number of likely N-dealkylation sites (tertiary alicyclic amines) is 1. The number of rotatable bonds is 8. The van der Waals surface area contributed by atoms with Gasteiger partial charge in [-0.1, -0.05) is 13.0 Å². The Bertz CT molecular complexity index is 517. The molecule has 0 aromatic carbocycles. The van der Waals surface area contributed by atoms with Crippen molar-refractivity contribution in [1.29, 1.82) is 0 Å². The number of amides is 1. The highest BCUT2D eigenvalue weighted by atomic mass is 32.1. The average molecular weight is 352 g/mol. The van der Waals surface area contributed by atoms with Crippen molar-refractivity contribution in [3.8, 4) is 0 Å². The van der Waals surface area contributed by atoms with Gasteiger partial charge in [-0.05, 0) is 43.8 Å². The third-order valence-electron chi connectivity index (χ3n) is 4.31. The molecule has 1 unspecified atom stereocenters. The Kier molecular flexibility index (Phi) is 8.04. The summed E-state index contributed by atoms with van der Waals surface area (Å²) in [6.45, 7) is 6.92. The fourth-order valence-electron chi connectivity index (χ4n) is 2.97. The summed E-state index contributed by atoms with van der Waals surface area (Å²) in [4.78, 5) is 19.3. The molecule has 134 valence electrons. The van der Waals surface area contributed by atoms with Gasteiger partial charge in [-0.25, -0.2) is 0 Å². The number of likely N-dealkylation sites (N-methyl/N-ethyl adjacent to an activating group) is 1. The molecule has 1 aliphatic rings. The zero-order valence-corrected chi connectivity index (χ0v) is 15.5.